The molecule has 0 unspecified atom stereocenters. The van der Waals surface area contributed by atoms with E-state index < -0.39 is 5.97 Å². The molecule has 0 fully saturated rings. The molecule has 0 atom stereocenters. The van der Waals surface area contributed by atoms with E-state index in [1.807, 2.05) is 22.9 Å². The Kier molecular flexibility index (Phi) is 7.24. The monoisotopic (exact) mass is 543 g/mol. The van der Waals surface area contributed by atoms with E-state index in [4.69, 9.17) is 21.1 Å². The van der Waals surface area contributed by atoms with Crippen molar-refractivity contribution in [2.45, 2.75) is 13.0 Å². The van der Waals surface area contributed by atoms with Crippen LogP contribution in [0.1, 0.15) is 27.2 Å². The van der Waals surface area contributed by atoms with Gasteiger partial charge in [-0.25, -0.2) is 9.18 Å². The summed E-state index contributed by atoms with van der Waals surface area (Å²) in [6.45, 7) is 0.0442. The number of phenols is 1. The molecule has 34 heavy (non-hydrogen) atoms. The lowest BCUT2D eigenvalue weighted by molar-refractivity contribution is 0.0600. The van der Waals surface area contributed by atoms with Crippen LogP contribution in [0.15, 0.2) is 77.4 Å². The third-order valence-electron chi connectivity index (χ3n) is 5.27. The minimum Gasteiger partial charge on any atom is -0.508 e. The lowest BCUT2D eigenvalue weighted by Gasteiger charge is -2.16. The molecule has 0 aliphatic rings. The van der Waals surface area contributed by atoms with Crippen LogP contribution in [0.5, 0.6) is 11.5 Å². The van der Waals surface area contributed by atoms with Gasteiger partial charge in [0.05, 0.1) is 12.7 Å². The molecule has 1 N–H and O–H groups in total. The Morgan fingerprint density at radius 3 is 2.71 bits per heavy atom. The summed E-state index contributed by atoms with van der Waals surface area (Å²) in [5, 5.41) is 10.6. The predicted molar refractivity (Wildman–Crippen MR) is 131 cm³/mol. The Hall–Kier alpha value is -3.29. The minimum absolute atomic E-state index is 0.0442. The number of hydrogen-bond donors (Lipinski definition) is 1. The highest BCUT2D eigenvalue weighted by atomic mass is 79.9. The van der Waals surface area contributed by atoms with Crippen molar-refractivity contribution in [3.05, 3.63) is 111 Å². The fourth-order valence-corrected chi connectivity index (χ4v) is 4.17. The summed E-state index contributed by atoms with van der Waals surface area (Å²) in [5.41, 5.74) is 2.82. The number of halogens is 3. The zero-order valence-corrected chi connectivity index (χ0v) is 20.4. The van der Waals surface area contributed by atoms with Crippen molar-refractivity contribution in [3.8, 4) is 17.2 Å². The topological polar surface area (TPSA) is 60.7 Å². The number of carbonyl (C=O) groups excluding carboxylic acids is 1. The fourth-order valence-electron chi connectivity index (χ4n) is 3.60. The van der Waals surface area contributed by atoms with Gasteiger partial charge in [0.25, 0.3) is 0 Å². The number of carbonyl (C=O) groups is 1. The summed E-state index contributed by atoms with van der Waals surface area (Å²) in [5.74, 6) is -0.436. The number of methoxy groups -OCH3 is 1. The van der Waals surface area contributed by atoms with E-state index in [0.29, 0.717) is 32.9 Å². The molecule has 4 aromatic rings. The number of benzene rings is 3. The number of aromatic hydroxyl groups is 1. The van der Waals surface area contributed by atoms with E-state index in [9.17, 15) is 14.3 Å². The molecule has 0 aliphatic heterocycles. The van der Waals surface area contributed by atoms with Gasteiger partial charge >= 0.3 is 5.97 Å². The third kappa shape index (κ3) is 5.26. The third-order valence-corrected chi connectivity index (χ3v) is 6.11. The molecule has 0 amide bonds. The second-order valence-corrected chi connectivity index (χ2v) is 8.84. The van der Waals surface area contributed by atoms with Crippen molar-refractivity contribution in [2.24, 2.45) is 0 Å². The number of ether oxygens (including phenoxy) is 2. The highest BCUT2D eigenvalue weighted by molar-refractivity contribution is 9.10. The van der Waals surface area contributed by atoms with E-state index in [1.165, 1.54) is 19.2 Å². The largest absolute Gasteiger partial charge is 0.508 e. The summed E-state index contributed by atoms with van der Waals surface area (Å²) in [7, 11) is 1.28. The zero-order chi connectivity index (χ0) is 24.2. The standard InChI is InChI=1S/C26H20BrClFNO4/c1-33-26(32)17-10-20(13-21(31)11-17)30-9-3-4-19(30)14-22-23(28)5-2-6-25(22)34-15-16-7-8-18(27)12-24(16)29/h2-13,31H,14-15H2,1H3. The molecule has 1 heterocycles. The summed E-state index contributed by atoms with van der Waals surface area (Å²) in [4.78, 5) is 12.0. The molecule has 1 aromatic heterocycles. The fraction of sp³-hybridized carbons (Fsp3) is 0.115. The Labute approximate surface area is 209 Å². The van der Waals surface area contributed by atoms with E-state index in [-0.39, 0.29) is 23.7 Å². The number of esters is 1. The highest BCUT2D eigenvalue weighted by Crippen LogP contribution is 2.31. The molecule has 0 bridgehead atoms. The molecule has 0 spiro atoms. The van der Waals surface area contributed by atoms with Crippen LogP contribution >= 0.6 is 27.5 Å². The van der Waals surface area contributed by atoms with Crippen LogP contribution in [0.2, 0.25) is 5.02 Å². The van der Waals surface area contributed by atoms with Gasteiger partial charge in [-0.15, -0.1) is 0 Å². The summed E-state index contributed by atoms with van der Waals surface area (Å²) < 4.78 is 27.5. The molecule has 0 radical (unpaired) electrons. The van der Waals surface area contributed by atoms with Gasteiger partial charge in [-0.2, -0.15) is 0 Å². The Morgan fingerprint density at radius 2 is 1.94 bits per heavy atom. The van der Waals surface area contributed by atoms with Gasteiger partial charge < -0.3 is 19.1 Å². The molecular weight excluding hydrogens is 525 g/mol. The maximum atomic E-state index is 14.2. The van der Waals surface area contributed by atoms with Crippen LogP contribution in [0.3, 0.4) is 0 Å². The Bertz CT molecular complexity index is 1350. The number of aromatic nitrogens is 1. The maximum absolute atomic E-state index is 14.2. The van der Waals surface area contributed by atoms with Crippen molar-refractivity contribution in [3.63, 3.8) is 0 Å². The van der Waals surface area contributed by atoms with Crippen molar-refractivity contribution in [2.75, 3.05) is 7.11 Å². The molecule has 5 nitrogen and oxygen atoms in total. The first-order valence-corrected chi connectivity index (χ1v) is 11.5. The van der Waals surface area contributed by atoms with Crippen molar-refractivity contribution in [1.29, 1.82) is 0 Å². The predicted octanol–water partition coefficient (Wildman–Crippen LogP) is 6.69. The van der Waals surface area contributed by atoms with Gasteiger partial charge in [-0.05, 0) is 48.5 Å². The summed E-state index contributed by atoms with van der Waals surface area (Å²) >= 11 is 9.77. The van der Waals surface area contributed by atoms with Crippen molar-refractivity contribution < 1.29 is 23.8 Å². The number of rotatable bonds is 7. The van der Waals surface area contributed by atoms with Gasteiger partial charge in [-0.3, -0.25) is 0 Å². The lowest BCUT2D eigenvalue weighted by atomic mass is 10.1. The first-order valence-electron chi connectivity index (χ1n) is 10.3. The van der Waals surface area contributed by atoms with Gasteiger partial charge in [0.15, 0.2) is 0 Å². The molecule has 0 saturated carbocycles. The average molecular weight is 545 g/mol. The Morgan fingerprint density at radius 1 is 1.12 bits per heavy atom. The van der Waals surface area contributed by atoms with Gasteiger partial charge in [0.2, 0.25) is 0 Å². The molecule has 3 aromatic carbocycles. The second-order valence-electron chi connectivity index (χ2n) is 7.52. The minimum atomic E-state index is -0.548. The van der Waals surface area contributed by atoms with E-state index in [1.54, 1.807) is 42.5 Å². The van der Waals surface area contributed by atoms with E-state index in [0.717, 1.165) is 11.3 Å². The van der Waals surface area contributed by atoms with E-state index >= 15 is 0 Å². The van der Waals surface area contributed by atoms with Crippen LogP contribution in [0.4, 0.5) is 4.39 Å². The van der Waals surface area contributed by atoms with Crippen LogP contribution in [0, 0.1) is 5.82 Å². The smallest absolute Gasteiger partial charge is 0.338 e. The van der Waals surface area contributed by atoms with Crippen LogP contribution < -0.4 is 4.74 Å². The van der Waals surface area contributed by atoms with E-state index in [2.05, 4.69) is 15.9 Å². The molecule has 0 saturated heterocycles. The SMILES string of the molecule is COC(=O)c1cc(O)cc(-n2cccc2Cc2c(Cl)cccc2OCc2ccc(Br)cc2F)c1. The first kappa shape index (κ1) is 23.9. The summed E-state index contributed by atoms with van der Waals surface area (Å²) in [6.07, 6.45) is 2.22. The van der Waals surface area contributed by atoms with Gasteiger partial charge in [0.1, 0.15) is 23.9 Å². The first-order chi connectivity index (χ1) is 16.4. The van der Waals surface area contributed by atoms with Crippen LogP contribution in [0.25, 0.3) is 5.69 Å². The van der Waals surface area contributed by atoms with Crippen molar-refractivity contribution in [1.82, 2.24) is 4.57 Å². The quantitative estimate of drug-likeness (QED) is 0.263. The second kappa shape index (κ2) is 10.3. The van der Waals surface area contributed by atoms with Crippen LogP contribution in [-0.2, 0) is 17.8 Å². The van der Waals surface area contributed by atoms with Crippen LogP contribution in [-0.4, -0.2) is 22.8 Å². The molecular formula is C26H20BrClFNO4. The van der Waals surface area contributed by atoms with Crippen molar-refractivity contribution >= 4 is 33.5 Å². The number of hydrogen-bond acceptors (Lipinski definition) is 4. The molecule has 0 aliphatic carbocycles. The lowest BCUT2D eigenvalue weighted by Crippen LogP contribution is -2.06. The maximum Gasteiger partial charge on any atom is 0.338 e. The van der Waals surface area contributed by atoms with Gasteiger partial charge in [-0.1, -0.05) is 39.7 Å². The van der Waals surface area contributed by atoms with Gasteiger partial charge in [0, 0.05) is 50.7 Å². The number of nitrogens with zero attached hydrogens (tertiary/aromatic N) is 1. The molecule has 4 rings (SSSR count). The highest BCUT2D eigenvalue weighted by Gasteiger charge is 2.15. The Balaban J connectivity index is 1.64. The molecule has 8 heteroatoms. The zero-order valence-electron chi connectivity index (χ0n) is 18.1. The molecule has 174 valence electrons. The number of phenolic OH excluding ortho intramolecular Hbond substituents is 1. The summed E-state index contributed by atoms with van der Waals surface area (Å²) in [6, 6.07) is 18.4. The average Bonchev–Trinajstić information content (AvgIpc) is 3.27. The normalized spacial score (nSPS) is 10.8.